The van der Waals surface area contributed by atoms with Crippen molar-refractivity contribution in [2.24, 2.45) is 0 Å². The van der Waals surface area contributed by atoms with E-state index >= 15 is 0 Å². The van der Waals surface area contributed by atoms with E-state index in [9.17, 15) is 15.0 Å². The molecule has 142 valence electrons. The molecular formula is C18H29NO6. The number of methoxy groups -OCH3 is 1. The van der Waals surface area contributed by atoms with Gasteiger partial charge in [-0.05, 0) is 18.5 Å². The molecule has 3 N–H and O–H groups in total. The average molecular weight is 355 g/mol. The summed E-state index contributed by atoms with van der Waals surface area (Å²) in [5, 5.41) is 22.5. The molecule has 2 atom stereocenters. The lowest BCUT2D eigenvalue weighted by Crippen LogP contribution is -2.27. The van der Waals surface area contributed by atoms with Crippen LogP contribution in [0.5, 0.6) is 0 Å². The summed E-state index contributed by atoms with van der Waals surface area (Å²) in [6.45, 7) is 1.57. The highest BCUT2D eigenvalue weighted by atomic mass is 16.7. The van der Waals surface area contributed by atoms with Crippen molar-refractivity contribution < 1.29 is 29.2 Å². The Balaban J connectivity index is 1.98. The number of benzene rings is 1. The minimum absolute atomic E-state index is 0.120. The summed E-state index contributed by atoms with van der Waals surface area (Å²) in [5.41, 5.74) is 0.958. The molecule has 0 radical (unpaired) electrons. The Morgan fingerprint density at radius 1 is 1.16 bits per heavy atom. The zero-order valence-electron chi connectivity index (χ0n) is 14.7. The Hall–Kier alpha value is -1.51. The molecule has 25 heavy (non-hydrogen) atoms. The quantitative estimate of drug-likeness (QED) is 0.258. The first-order valence-corrected chi connectivity index (χ1v) is 8.45. The third kappa shape index (κ3) is 11.6. The molecule has 7 nitrogen and oxygen atoms in total. The van der Waals surface area contributed by atoms with Crippen molar-refractivity contribution in [2.45, 2.75) is 38.1 Å². The molecule has 7 heteroatoms. The van der Waals surface area contributed by atoms with Gasteiger partial charge in [0.2, 0.25) is 0 Å². The molecule has 0 aliphatic heterocycles. The van der Waals surface area contributed by atoms with E-state index in [1.165, 1.54) is 7.11 Å². The van der Waals surface area contributed by atoms with Crippen LogP contribution in [0.3, 0.4) is 0 Å². The summed E-state index contributed by atoms with van der Waals surface area (Å²) in [4.78, 5) is 11.6. The van der Waals surface area contributed by atoms with Crippen LogP contribution < -0.4 is 5.32 Å². The van der Waals surface area contributed by atoms with Gasteiger partial charge in [0.1, 0.15) is 13.4 Å². The zero-order chi connectivity index (χ0) is 18.3. The van der Waals surface area contributed by atoms with E-state index in [4.69, 9.17) is 14.2 Å². The second-order valence-corrected chi connectivity index (χ2v) is 5.76. The fourth-order valence-electron chi connectivity index (χ4n) is 2.16. The topological polar surface area (TPSA) is 97.3 Å². The zero-order valence-corrected chi connectivity index (χ0v) is 14.7. The molecule has 0 unspecified atom stereocenters. The van der Waals surface area contributed by atoms with Crippen LogP contribution in [0.2, 0.25) is 0 Å². The molecule has 0 aliphatic rings. The Labute approximate surface area is 148 Å². The summed E-state index contributed by atoms with van der Waals surface area (Å²) < 4.78 is 14.9. The molecule has 1 rings (SSSR count). The number of hydrogen-bond donors (Lipinski definition) is 3. The van der Waals surface area contributed by atoms with Gasteiger partial charge < -0.3 is 29.7 Å². The number of carbonyl (C=O) groups is 1. The summed E-state index contributed by atoms with van der Waals surface area (Å²) >= 11 is 0. The summed E-state index contributed by atoms with van der Waals surface area (Å²) in [6, 6.07) is 9.52. The van der Waals surface area contributed by atoms with Crippen molar-refractivity contribution >= 4 is 5.97 Å². The predicted molar refractivity (Wildman–Crippen MR) is 92.8 cm³/mol. The second-order valence-electron chi connectivity index (χ2n) is 5.76. The monoisotopic (exact) mass is 355 g/mol. The minimum Gasteiger partial charge on any atom is -0.461 e. The molecule has 0 bridgehead atoms. The van der Waals surface area contributed by atoms with Gasteiger partial charge in [0.15, 0.2) is 0 Å². The molecule has 0 aromatic heterocycles. The van der Waals surface area contributed by atoms with Crippen LogP contribution in [0.4, 0.5) is 0 Å². The van der Waals surface area contributed by atoms with Crippen LogP contribution in [0.25, 0.3) is 0 Å². The Morgan fingerprint density at radius 3 is 2.64 bits per heavy atom. The molecule has 0 spiro atoms. The number of hydrogen-bond acceptors (Lipinski definition) is 7. The van der Waals surface area contributed by atoms with Gasteiger partial charge >= 0.3 is 5.97 Å². The van der Waals surface area contributed by atoms with Crippen LogP contribution in [-0.2, 0) is 25.6 Å². The highest BCUT2D eigenvalue weighted by Gasteiger charge is 2.12. The lowest BCUT2D eigenvalue weighted by Gasteiger charge is -2.16. The van der Waals surface area contributed by atoms with E-state index in [2.05, 4.69) is 5.32 Å². The third-order valence-corrected chi connectivity index (χ3v) is 3.46. The van der Waals surface area contributed by atoms with Gasteiger partial charge in [0.05, 0.1) is 25.2 Å². The van der Waals surface area contributed by atoms with Gasteiger partial charge in [-0.3, -0.25) is 4.79 Å². The number of ether oxygens (including phenoxy) is 3. The number of rotatable bonds is 14. The fraction of sp³-hybridized carbons (Fsp3) is 0.611. The molecule has 0 heterocycles. The van der Waals surface area contributed by atoms with Crippen LogP contribution in [-0.4, -0.2) is 62.0 Å². The summed E-state index contributed by atoms with van der Waals surface area (Å²) in [7, 11) is 1.50. The first-order chi connectivity index (χ1) is 12.1. The first kappa shape index (κ1) is 21.5. The highest BCUT2D eigenvalue weighted by molar-refractivity contribution is 5.69. The fourth-order valence-corrected chi connectivity index (χ4v) is 2.16. The second kappa shape index (κ2) is 13.7. The van der Waals surface area contributed by atoms with E-state index in [1.54, 1.807) is 0 Å². The van der Waals surface area contributed by atoms with E-state index < -0.39 is 12.2 Å². The van der Waals surface area contributed by atoms with E-state index in [0.29, 0.717) is 19.5 Å². The lowest BCUT2D eigenvalue weighted by atomic mass is 10.1. The van der Waals surface area contributed by atoms with Gasteiger partial charge in [-0.2, -0.15) is 0 Å². The van der Waals surface area contributed by atoms with Crippen molar-refractivity contribution in [3.63, 3.8) is 0 Å². The van der Waals surface area contributed by atoms with Gasteiger partial charge in [0, 0.05) is 20.1 Å². The van der Waals surface area contributed by atoms with Gasteiger partial charge in [-0.15, -0.1) is 0 Å². The largest absolute Gasteiger partial charge is 0.461 e. The van der Waals surface area contributed by atoms with Crippen molar-refractivity contribution in [3.05, 3.63) is 35.9 Å². The normalized spacial score (nSPS) is 13.4. The molecule has 1 aromatic rings. The molecule has 0 fully saturated rings. The molecule has 0 saturated heterocycles. The molecule has 0 aliphatic carbocycles. The van der Waals surface area contributed by atoms with Crippen LogP contribution in [0.1, 0.15) is 24.8 Å². The average Bonchev–Trinajstić information content (AvgIpc) is 2.60. The number of carbonyl (C=O) groups excluding carboxylic acids is 1. The molecule has 0 saturated carbocycles. The van der Waals surface area contributed by atoms with Gasteiger partial charge in [-0.25, -0.2) is 0 Å². The highest BCUT2D eigenvalue weighted by Crippen LogP contribution is 2.03. The Morgan fingerprint density at radius 2 is 1.92 bits per heavy atom. The maximum absolute atomic E-state index is 11.6. The molecule has 1 aromatic carbocycles. The van der Waals surface area contributed by atoms with Crippen molar-refractivity contribution in [2.75, 3.05) is 33.6 Å². The Bertz CT molecular complexity index is 456. The van der Waals surface area contributed by atoms with Crippen LogP contribution in [0.15, 0.2) is 30.3 Å². The smallest absolute Gasteiger partial charge is 0.307 e. The van der Waals surface area contributed by atoms with E-state index in [1.807, 2.05) is 30.3 Å². The minimum atomic E-state index is -0.724. The van der Waals surface area contributed by atoms with Gasteiger partial charge in [0.25, 0.3) is 0 Å². The van der Waals surface area contributed by atoms with Crippen molar-refractivity contribution in [3.8, 4) is 0 Å². The first-order valence-electron chi connectivity index (χ1n) is 8.45. The van der Waals surface area contributed by atoms with Crippen LogP contribution in [0, 0.1) is 0 Å². The molecular weight excluding hydrogens is 326 g/mol. The number of nitrogens with one attached hydrogen (secondary N) is 1. The number of esters is 1. The SMILES string of the molecule is COCOC[C@@H](O)C[C@H](O)CCNCCC(=O)OCc1ccccc1. The van der Waals surface area contributed by atoms with E-state index in [0.717, 1.165) is 5.56 Å². The number of aliphatic hydroxyl groups is 2. The third-order valence-electron chi connectivity index (χ3n) is 3.46. The van der Waals surface area contributed by atoms with Crippen molar-refractivity contribution in [1.82, 2.24) is 5.32 Å². The van der Waals surface area contributed by atoms with E-state index in [-0.39, 0.29) is 38.8 Å². The van der Waals surface area contributed by atoms with Crippen LogP contribution >= 0.6 is 0 Å². The lowest BCUT2D eigenvalue weighted by molar-refractivity contribution is -0.144. The van der Waals surface area contributed by atoms with Crippen molar-refractivity contribution in [1.29, 1.82) is 0 Å². The maximum Gasteiger partial charge on any atom is 0.307 e. The molecule has 0 amide bonds. The number of aliphatic hydroxyl groups excluding tert-OH is 2. The summed E-state index contributed by atoms with van der Waals surface area (Å²) in [5.74, 6) is -0.261. The predicted octanol–water partition coefficient (Wildman–Crippen LogP) is 0.832. The summed E-state index contributed by atoms with van der Waals surface area (Å²) in [6.07, 6.45) is -0.349. The maximum atomic E-state index is 11.6. The van der Waals surface area contributed by atoms with Gasteiger partial charge in [-0.1, -0.05) is 30.3 Å². The standard InChI is InChI=1S/C18H29NO6/c1-23-14-24-13-17(21)11-16(20)7-9-19-10-8-18(22)25-12-15-5-3-2-4-6-15/h2-6,16-17,19-21H,7-14H2,1H3/t16-,17+/m1/s1. The Kier molecular flexibility index (Phi) is 11.8.